The number of rotatable bonds is 0. The second-order valence-electron chi connectivity index (χ2n) is 0. The van der Waals surface area contributed by atoms with Crippen LogP contribution in [0.5, 0.6) is 0 Å². The van der Waals surface area contributed by atoms with Gasteiger partial charge in [-0.25, -0.2) is 0 Å². The number of nitrogens with one attached hydrogen (secondary N) is 1. The first kappa shape index (κ1) is 23.2. The minimum absolute atomic E-state index is 0. The third-order valence-corrected chi connectivity index (χ3v) is 0. The van der Waals surface area contributed by atoms with Crippen molar-refractivity contribution in [3.8, 4) is 0 Å². The second-order valence-corrected chi connectivity index (χ2v) is 0. The van der Waals surface area contributed by atoms with Crippen LogP contribution in [0.15, 0.2) is 0 Å². The Morgan fingerprint density at radius 2 is 1.25 bits per heavy atom. The summed E-state index contributed by atoms with van der Waals surface area (Å²) in [4.78, 5) is 7.50. The Labute approximate surface area is 47.2 Å². The van der Waals surface area contributed by atoms with E-state index in [9.17, 15) is 0 Å². The van der Waals surface area contributed by atoms with E-state index in [-0.39, 0.29) is 36.6 Å². The first-order valence-electron chi connectivity index (χ1n) is 0.204. The van der Waals surface area contributed by atoms with Gasteiger partial charge in [0.1, 0.15) is 0 Å². The van der Waals surface area contributed by atoms with Crippen LogP contribution in [0, 0.1) is 41.6 Å². The van der Waals surface area contributed by atoms with Gasteiger partial charge in [-0.3, -0.25) is 0 Å². The fourth-order valence-electron chi connectivity index (χ4n) is 0. The van der Waals surface area contributed by atoms with Crippen molar-refractivity contribution in [2.75, 3.05) is 0 Å². The summed E-state index contributed by atoms with van der Waals surface area (Å²) in [5.74, 6) is 0. The molecule has 24 valence electrons. The molecule has 0 rings (SSSR count). The zero-order valence-corrected chi connectivity index (χ0v) is 6.07. The molecule has 0 spiro atoms. The Bertz CT molecular complexity index is 6.00. The molecular formula is H3NO2U. The molecule has 0 aliphatic carbocycles. The number of nitroso groups, excluding NO2 is 1. The van der Waals surface area contributed by atoms with Gasteiger partial charge in [0.05, 0.1) is 0 Å². The maximum Gasteiger partial charge on any atom is 0 e. The van der Waals surface area contributed by atoms with Crippen LogP contribution in [0.3, 0.4) is 0 Å². The van der Waals surface area contributed by atoms with Crippen molar-refractivity contribution >= 4 is 0 Å². The van der Waals surface area contributed by atoms with Crippen LogP contribution in [0.1, 0.15) is 0 Å². The van der Waals surface area contributed by atoms with Crippen molar-refractivity contribution in [3.63, 3.8) is 0 Å². The summed E-state index contributed by atoms with van der Waals surface area (Å²) in [7, 11) is 0. The molecule has 0 bridgehead atoms. The Balaban J connectivity index is -0.00000000500. The zero-order chi connectivity index (χ0) is 2.00. The molecule has 3 nitrogen and oxygen atoms in total. The first-order valence-corrected chi connectivity index (χ1v) is 0.204. The molecule has 4 heteroatoms. The van der Waals surface area contributed by atoms with Gasteiger partial charge in [0.15, 0.2) is 0 Å². The standard InChI is InChI=1S/HNO.H2O.U/c1-2;;/h1H;1H2;. The second kappa shape index (κ2) is 65.8. The average molecular weight is 287 g/mol. The fraction of sp³-hybridized carbons (Fsp3) is 0. The molecule has 0 heterocycles. The summed E-state index contributed by atoms with van der Waals surface area (Å²) >= 11 is 0. The third-order valence-electron chi connectivity index (χ3n) is 0. The Kier molecular flexibility index (Phi) is 381. The summed E-state index contributed by atoms with van der Waals surface area (Å²) in [5.41, 5.74) is 4.50. The van der Waals surface area contributed by atoms with Crippen LogP contribution >= 0.6 is 0 Å². The number of hydrogen-bond acceptors (Lipinski definition) is 2. The van der Waals surface area contributed by atoms with Gasteiger partial charge in [-0.05, 0) is 0 Å². The zero-order valence-electron chi connectivity index (χ0n) is 1.91. The quantitative estimate of drug-likeness (QED) is 0.600. The molecular weight excluding hydrogens is 284 g/mol. The van der Waals surface area contributed by atoms with Gasteiger partial charge < -0.3 is 5.48 Å². The monoisotopic (exact) mass is 287 g/mol. The fourth-order valence-corrected chi connectivity index (χ4v) is 0. The smallest absolute Gasteiger partial charge is 0 e. The molecule has 0 aliphatic rings. The van der Waals surface area contributed by atoms with E-state index in [0.29, 0.717) is 0 Å². The van der Waals surface area contributed by atoms with Crippen molar-refractivity contribution in [3.05, 3.63) is 4.91 Å². The van der Waals surface area contributed by atoms with Gasteiger partial charge in [0, 0.05) is 31.1 Å². The SMILES string of the molecule is N=O.O.[U]. The van der Waals surface area contributed by atoms with E-state index in [2.05, 4.69) is 5.59 Å². The van der Waals surface area contributed by atoms with E-state index < -0.39 is 0 Å². The Hall–Kier alpha value is 0.612. The van der Waals surface area contributed by atoms with E-state index in [4.69, 9.17) is 4.91 Å². The minimum Gasteiger partial charge on any atom is -0.412 e. The van der Waals surface area contributed by atoms with E-state index in [1.165, 1.54) is 0 Å². The molecule has 0 aliphatic heterocycles. The van der Waals surface area contributed by atoms with Crippen molar-refractivity contribution < 1.29 is 36.6 Å². The number of hydrogen-bond donors (Lipinski definition) is 1. The van der Waals surface area contributed by atoms with Crippen LogP contribution in [-0.2, 0) is 0 Å². The van der Waals surface area contributed by atoms with E-state index in [1.807, 2.05) is 0 Å². The van der Waals surface area contributed by atoms with Crippen LogP contribution in [0.4, 0.5) is 0 Å². The van der Waals surface area contributed by atoms with Gasteiger partial charge in [-0.2, -0.15) is 4.91 Å². The Morgan fingerprint density at radius 1 is 1.25 bits per heavy atom. The van der Waals surface area contributed by atoms with Crippen molar-refractivity contribution in [1.82, 2.24) is 0 Å². The van der Waals surface area contributed by atoms with Crippen molar-refractivity contribution in [1.29, 1.82) is 5.59 Å². The minimum atomic E-state index is 0. The van der Waals surface area contributed by atoms with Gasteiger partial charge in [-0.1, -0.05) is 5.59 Å². The first-order chi connectivity index (χ1) is 1.00. The van der Waals surface area contributed by atoms with E-state index in [0.717, 1.165) is 0 Å². The largest absolute Gasteiger partial charge is 0.412 e. The average Bonchev–Trinajstić information content (AvgIpc) is 1.00. The molecule has 0 saturated carbocycles. The van der Waals surface area contributed by atoms with Crippen molar-refractivity contribution in [2.45, 2.75) is 0 Å². The predicted octanol–water partition coefficient (Wildman–Crippen LogP) is -0.493. The molecule has 0 atom stereocenters. The molecule has 3 N–H and O–H groups in total. The predicted molar refractivity (Wildman–Crippen MR) is 9.70 cm³/mol. The molecule has 0 aromatic carbocycles. The molecule has 0 fully saturated rings. The molecule has 0 unspecified atom stereocenters. The molecule has 0 saturated heterocycles. The molecule has 0 amide bonds. The van der Waals surface area contributed by atoms with Gasteiger partial charge in [0.25, 0.3) is 0 Å². The topological polar surface area (TPSA) is 72.4 Å². The molecule has 0 aromatic rings. The van der Waals surface area contributed by atoms with Crippen LogP contribution < -0.4 is 0 Å². The summed E-state index contributed by atoms with van der Waals surface area (Å²) < 4.78 is 0. The summed E-state index contributed by atoms with van der Waals surface area (Å²) in [5, 5.41) is 0. The van der Waals surface area contributed by atoms with Crippen molar-refractivity contribution in [2.24, 2.45) is 0 Å². The van der Waals surface area contributed by atoms with E-state index >= 15 is 0 Å². The van der Waals surface area contributed by atoms with E-state index in [1.54, 1.807) is 0 Å². The van der Waals surface area contributed by atoms with Crippen LogP contribution in [0.2, 0.25) is 0 Å². The molecule has 0 radical (unpaired) electrons. The summed E-state index contributed by atoms with van der Waals surface area (Å²) in [6.45, 7) is 0. The third kappa shape index (κ3) is 18.1. The normalized spacial score (nSPS) is 1.00. The Morgan fingerprint density at radius 3 is 1.25 bits per heavy atom. The maximum atomic E-state index is 7.50. The van der Waals surface area contributed by atoms with Gasteiger partial charge in [-0.15, -0.1) is 0 Å². The van der Waals surface area contributed by atoms with Crippen LogP contribution in [0.25, 0.3) is 0 Å². The summed E-state index contributed by atoms with van der Waals surface area (Å²) in [6, 6.07) is 0. The van der Waals surface area contributed by atoms with Gasteiger partial charge >= 0.3 is 0 Å². The van der Waals surface area contributed by atoms with Crippen LogP contribution in [-0.4, -0.2) is 5.48 Å². The summed E-state index contributed by atoms with van der Waals surface area (Å²) in [6.07, 6.45) is 0. The molecule has 4 heavy (non-hydrogen) atoms. The maximum absolute atomic E-state index is 7.50. The molecule has 0 aromatic heterocycles. The van der Waals surface area contributed by atoms with Gasteiger partial charge in [0.2, 0.25) is 0 Å².